The quantitative estimate of drug-likeness (QED) is 0.135. The van der Waals surface area contributed by atoms with E-state index >= 15 is 0 Å². The number of aliphatic hydroxyl groups excluding tert-OH is 1. The first kappa shape index (κ1) is 32.8. The number of rotatable bonds is 27. The van der Waals surface area contributed by atoms with Crippen molar-refractivity contribution in [2.24, 2.45) is 17.8 Å². The van der Waals surface area contributed by atoms with Gasteiger partial charge in [-0.05, 0) is 30.6 Å². The Morgan fingerprint density at radius 1 is 0.515 bits per heavy atom. The maximum Gasteiger partial charge on any atom is 0.0701 e. The molecule has 0 aliphatic carbocycles. The Morgan fingerprint density at radius 2 is 1.03 bits per heavy atom. The monoisotopic (exact) mass is 474 g/mol. The van der Waals surface area contributed by atoms with E-state index in [2.05, 4.69) is 27.7 Å². The molecule has 0 aromatic rings. The van der Waals surface area contributed by atoms with Crippen LogP contribution in [0.15, 0.2) is 0 Å². The van der Waals surface area contributed by atoms with Gasteiger partial charge in [0.05, 0.1) is 52.9 Å². The molecule has 0 aliphatic rings. The maximum absolute atomic E-state index is 8.60. The molecule has 0 aromatic carbocycles. The minimum absolute atomic E-state index is 0.0559. The van der Waals surface area contributed by atoms with Gasteiger partial charge in [-0.15, -0.1) is 0 Å². The smallest absolute Gasteiger partial charge is 0.0701 e. The summed E-state index contributed by atoms with van der Waals surface area (Å²) >= 11 is 0. The Labute approximate surface area is 206 Å². The molecule has 0 spiro atoms. The fourth-order valence-corrected chi connectivity index (χ4v) is 4.56. The highest BCUT2D eigenvalue weighted by atomic mass is 16.6. The molecule has 0 saturated carbocycles. The van der Waals surface area contributed by atoms with E-state index < -0.39 is 0 Å². The van der Waals surface area contributed by atoms with E-state index in [0.29, 0.717) is 46.2 Å². The lowest BCUT2D eigenvalue weighted by Gasteiger charge is -2.21. The Hall–Kier alpha value is -0.200. The molecule has 3 unspecified atom stereocenters. The fourth-order valence-electron chi connectivity index (χ4n) is 4.56. The van der Waals surface area contributed by atoms with Crippen LogP contribution >= 0.6 is 0 Å². The lowest BCUT2D eigenvalue weighted by molar-refractivity contribution is -0.00598. The van der Waals surface area contributed by atoms with Gasteiger partial charge in [-0.25, -0.2) is 0 Å². The van der Waals surface area contributed by atoms with Gasteiger partial charge in [-0.1, -0.05) is 91.9 Å². The van der Waals surface area contributed by atoms with Crippen LogP contribution in [0.2, 0.25) is 0 Å². The molecule has 5 heteroatoms. The number of aliphatic hydroxyl groups is 1. The molecule has 33 heavy (non-hydrogen) atoms. The zero-order valence-electron chi connectivity index (χ0n) is 22.7. The van der Waals surface area contributed by atoms with E-state index in [1.54, 1.807) is 0 Å². The molecular formula is C28H58O5. The highest BCUT2D eigenvalue weighted by molar-refractivity contribution is 4.66. The number of hydrogen-bond acceptors (Lipinski definition) is 5. The number of hydrogen-bond donors (Lipinski definition) is 1. The van der Waals surface area contributed by atoms with Crippen molar-refractivity contribution in [1.82, 2.24) is 0 Å². The van der Waals surface area contributed by atoms with Crippen LogP contribution in [0.5, 0.6) is 0 Å². The first-order valence-electron chi connectivity index (χ1n) is 14.1. The van der Waals surface area contributed by atoms with Crippen LogP contribution in [-0.2, 0) is 18.9 Å². The summed E-state index contributed by atoms with van der Waals surface area (Å²) in [6.07, 6.45) is 16.3. The average molecular weight is 475 g/mol. The topological polar surface area (TPSA) is 57.2 Å². The van der Waals surface area contributed by atoms with Crippen LogP contribution in [0.3, 0.4) is 0 Å². The van der Waals surface area contributed by atoms with Crippen molar-refractivity contribution in [2.45, 2.75) is 105 Å². The summed E-state index contributed by atoms with van der Waals surface area (Å²) in [5.74, 6) is 2.69. The highest BCUT2D eigenvalue weighted by Crippen LogP contribution is 2.27. The molecule has 0 rings (SSSR count). The third-order valence-electron chi connectivity index (χ3n) is 6.60. The molecule has 0 fully saturated rings. The largest absolute Gasteiger partial charge is 0.394 e. The van der Waals surface area contributed by atoms with Crippen molar-refractivity contribution in [3.05, 3.63) is 0 Å². The molecule has 1 N–H and O–H groups in total. The van der Waals surface area contributed by atoms with Crippen LogP contribution in [0.1, 0.15) is 105 Å². The summed E-state index contributed by atoms with van der Waals surface area (Å²) < 4.78 is 21.8. The van der Waals surface area contributed by atoms with Crippen molar-refractivity contribution >= 4 is 0 Å². The van der Waals surface area contributed by atoms with Gasteiger partial charge in [0.1, 0.15) is 0 Å². The summed E-state index contributed by atoms with van der Waals surface area (Å²) in [5, 5.41) is 8.60. The molecule has 0 bridgehead atoms. The van der Waals surface area contributed by atoms with Crippen LogP contribution in [-0.4, -0.2) is 64.6 Å². The van der Waals surface area contributed by atoms with Gasteiger partial charge in [0.15, 0.2) is 0 Å². The maximum atomic E-state index is 8.60. The zero-order valence-corrected chi connectivity index (χ0v) is 22.7. The van der Waals surface area contributed by atoms with Gasteiger partial charge in [0, 0.05) is 6.61 Å². The highest BCUT2D eigenvalue weighted by Gasteiger charge is 2.13. The zero-order chi connectivity index (χ0) is 24.4. The molecule has 200 valence electrons. The summed E-state index contributed by atoms with van der Waals surface area (Å²) in [6.45, 7) is 14.2. The third kappa shape index (κ3) is 23.3. The van der Waals surface area contributed by atoms with Crippen molar-refractivity contribution in [2.75, 3.05) is 59.5 Å². The summed E-state index contributed by atoms with van der Waals surface area (Å²) in [7, 11) is 0. The van der Waals surface area contributed by atoms with Crippen molar-refractivity contribution in [3.63, 3.8) is 0 Å². The lowest BCUT2D eigenvalue weighted by Crippen LogP contribution is -2.13. The predicted molar refractivity (Wildman–Crippen MR) is 139 cm³/mol. The molecule has 0 aliphatic heterocycles. The Bertz CT molecular complexity index is 366. The first-order chi connectivity index (χ1) is 16.2. The van der Waals surface area contributed by atoms with Gasteiger partial charge < -0.3 is 24.1 Å². The lowest BCUT2D eigenvalue weighted by atomic mass is 9.85. The summed E-state index contributed by atoms with van der Waals surface area (Å²) in [5.41, 5.74) is 0. The molecular weight excluding hydrogens is 416 g/mol. The summed E-state index contributed by atoms with van der Waals surface area (Å²) in [4.78, 5) is 0. The molecule has 5 nitrogen and oxygen atoms in total. The van der Waals surface area contributed by atoms with Crippen LogP contribution in [0.4, 0.5) is 0 Å². The van der Waals surface area contributed by atoms with E-state index in [1.165, 1.54) is 70.6 Å². The molecule has 3 atom stereocenters. The Kier molecular flexibility index (Phi) is 26.2. The predicted octanol–water partition coefficient (Wildman–Crippen LogP) is 6.65. The van der Waals surface area contributed by atoms with Crippen molar-refractivity contribution in [1.29, 1.82) is 0 Å². The standard InChI is InChI=1S/C28H58O5/c1-5-10-26(4)12-8-13-28(11-6-2)16-15-27(7-3)14-9-18-30-20-22-32-24-25-33-23-21-31-19-17-29/h26-29H,5-25H2,1-4H3. The first-order valence-corrected chi connectivity index (χ1v) is 14.1. The molecule has 0 amide bonds. The van der Waals surface area contributed by atoms with Crippen molar-refractivity contribution in [3.8, 4) is 0 Å². The molecule has 0 saturated heterocycles. The third-order valence-corrected chi connectivity index (χ3v) is 6.60. The van der Waals surface area contributed by atoms with Gasteiger partial charge in [-0.3, -0.25) is 0 Å². The molecule has 0 heterocycles. The second kappa shape index (κ2) is 26.4. The average Bonchev–Trinajstić information content (AvgIpc) is 2.81. The Balaban J connectivity index is 3.66. The summed E-state index contributed by atoms with van der Waals surface area (Å²) in [6, 6.07) is 0. The molecule has 0 aromatic heterocycles. The van der Waals surface area contributed by atoms with Gasteiger partial charge in [0.2, 0.25) is 0 Å². The minimum Gasteiger partial charge on any atom is -0.394 e. The van der Waals surface area contributed by atoms with E-state index in [0.717, 1.165) is 30.8 Å². The van der Waals surface area contributed by atoms with Crippen molar-refractivity contribution < 1.29 is 24.1 Å². The van der Waals surface area contributed by atoms with E-state index in [-0.39, 0.29) is 6.61 Å². The van der Waals surface area contributed by atoms with Gasteiger partial charge in [-0.2, -0.15) is 0 Å². The van der Waals surface area contributed by atoms with E-state index in [4.69, 9.17) is 24.1 Å². The van der Waals surface area contributed by atoms with Gasteiger partial charge in [0.25, 0.3) is 0 Å². The van der Waals surface area contributed by atoms with Crippen LogP contribution in [0.25, 0.3) is 0 Å². The fraction of sp³-hybridized carbons (Fsp3) is 1.00. The molecule has 0 radical (unpaired) electrons. The normalized spacial score (nSPS) is 14.5. The SMILES string of the molecule is CCCC(C)CCCC(CCC)CCC(CC)CCCOCCOCCOCCOCCO. The Morgan fingerprint density at radius 3 is 1.58 bits per heavy atom. The second-order valence-electron chi connectivity index (χ2n) is 9.65. The second-order valence-corrected chi connectivity index (χ2v) is 9.65. The van der Waals surface area contributed by atoms with Crippen LogP contribution < -0.4 is 0 Å². The van der Waals surface area contributed by atoms with Crippen LogP contribution in [0, 0.1) is 17.8 Å². The number of ether oxygens (including phenoxy) is 4. The van der Waals surface area contributed by atoms with E-state index in [9.17, 15) is 0 Å². The minimum atomic E-state index is 0.0559. The van der Waals surface area contributed by atoms with E-state index in [1.807, 2.05) is 0 Å². The van der Waals surface area contributed by atoms with Gasteiger partial charge >= 0.3 is 0 Å².